The Morgan fingerprint density at radius 2 is 1.69 bits per heavy atom. The molecule has 0 aliphatic carbocycles. The Labute approximate surface area is 97.6 Å². The van der Waals surface area contributed by atoms with E-state index in [9.17, 15) is 0 Å². The Kier molecular flexibility index (Phi) is 9.80. The summed E-state index contributed by atoms with van der Waals surface area (Å²) >= 11 is 0. The third-order valence-electron chi connectivity index (χ3n) is 2.12. The van der Waals surface area contributed by atoms with Gasteiger partial charge in [-0.25, -0.2) is 0 Å². The summed E-state index contributed by atoms with van der Waals surface area (Å²) in [7, 11) is 0. The van der Waals surface area contributed by atoms with Crippen LogP contribution in [0.4, 0.5) is 0 Å². The van der Waals surface area contributed by atoms with E-state index in [1.165, 1.54) is 0 Å². The van der Waals surface area contributed by atoms with Gasteiger partial charge < -0.3 is 32.4 Å². The van der Waals surface area contributed by atoms with Crippen molar-refractivity contribution in [3.63, 3.8) is 0 Å². The molecule has 6 heteroatoms. The summed E-state index contributed by atoms with van der Waals surface area (Å²) in [6.45, 7) is 4.30. The summed E-state index contributed by atoms with van der Waals surface area (Å²) in [5.74, 6) is 0. The van der Waals surface area contributed by atoms with Crippen LogP contribution < -0.4 is 22.9 Å². The molecule has 0 aromatic heterocycles. The van der Waals surface area contributed by atoms with E-state index in [2.05, 4.69) is 0 Å². The third-order valence-corrected chi connectivity index (χ3v) is 2.12. The molecule has 0 aliphatic rings. The van der Waals surface area contributed by atoms with Crippen LogP contribution in [0.5, 0.6) is 0 Å². The van der Waals surface area contributed by atoms with Crippen molar-refractivity contribution in [2.24, 2.45) is 22.9 Å². The molecule has 0 heterocycles. The lowest BCUT2D eigenvalue weighted by atomic mass is 10.0. The Balaban J connectivity index is 3.96. The SMILES string of the molecule is CC(N)CC(N)C(COCCN)OCCN. The lowest BCUT2D eigenvalue weighted by Crippen LogP contribution is -2.44. The minimum atomic E-state index is -0.166. The Hall–Kier alpha value is -0.240. The average Bonchev–Trinajstić information content (AvgIpc) is 2.22. The maximum atomic E-state index is 5.98. The van der Waals surface area contributed by atoms with Gasteiger partial charge in [-0.15, -0.1) is 0 Å². The van der Waals surface area contributed by atoms with E-state index < -0.39 is 0 Å². The molecule has 0 aromatic carbocycles. The van der Waals surface area contributed by atoms with Gasteiger partial charge in [0, 0.05) is 25.2 Å². The zero-order chi connectivity index (χ0) is 12.4. The maximum absolute atomic E-state index is 5.98. The zero-order valence-corrected chi connectivity index (χ0v) is 10.1. The fraction of sp³-hybridized carbons (Fsp3) is 1.00. The molecule has 0 fully saturated rings. The van der Waals surface area contributed by atoms with Crippen LogP contribution in [-0.4, -0.2) is 51.1 Å². The predicted molar refractivity (Wildman–Crippen MR) is 64.9 cm³/mol. The summed E-state index contributed by atoms with van der Waals surface area (Å²) in [6.07, 6.45) is 0.530. The fourth-order valence-electron chi connectivity index (χ4n) is 1.38. The van der Waals surface area contributed by atoms with Crippen molar-refractivity contribution in [1.82, 2.24) is 0 Å². The molecule has 0 radical (unpaired) electrons. The highest BCUT2D eigenvalue weighted by Crippen LogP contribution is 2.04. The lowest BCUT2D eigenvalue weighted by molar-refractivity contribution is -0.0263. The van der Waals surface area contributed by atoms with Gasteiger partial charge >= 0.3 is 0 Å². The minimum absolute atomic E-state index is 0.0495. The highest BCUT2D eigenvalue weighted by Gasteiger charge is 2.19. The molecule has 0 aliphatic heterocycles. The van der Waals surface area contributed by atoms with E-state index in [0.717, 1.165) is 0 Å². The van der Waals surface area contributed by atoms with E-state index >= 15 is 0 Å². The van der Waals surface area contributed by atoms with Crippen molar-refractivity contribution in [2.45, 2.75) is 31.5 Å². The van der Waals surface area contributed by atoms with Crippen LogP contribution in [0.2, 0.25) is 0 Å². The number of ether oxygens (including phenoxy) is 2. The first kappa shape index (κ1) is 15.8. The van der Waals surface area contributed by atoms with Crippen molar-refractivity contribution >= 4 is 0 Å². The Morgan fingerprint density at radius 1 is 1.06 bits per heavy atom. The van der Waals surface area contributed by atoms with E-state index in [4.69, 9.17) is 32.4 Å². The molecular formula is C10H26N4O2. The van der Waals surface area contributed by atoms with Crippen molar-refractivity contribution in [3.8, 4) is 0 Å². The van der Waals surface area contributed by atoms with E-state index in [-0.39, 0.29) is 18.2 Å². The quantitative estimate of drug-likeness (QED) is 0.337. The third kappa shape index (κ3) is 7.98. The van der Waals surface area contributed by atoms with Crippen molar-refractivity contribution in [2.75, 3.05) is 32.9 Å². The molecule has 3 unspecified atom stereocenters. The molecule has 0 rings (SSSR count). The average molecular weight is 234 g/mol. The molecule has 0 saturated heterocycles. The maximum Gasteiger partial charge on any atom is 0.0960 e. The van der Waals surface area contributed by atoms with Crippen LogP contribution in [0.25, 0.3) is 0 Å². The molecule has 0 amide bonds. The van der Waals surface area contributed by atoms with E-state index in [0.29, 0.717) is 39.3 Å². The summed E-state index contributed by atoms with van der Waals surface area (Å²) in [5, 5.41) is 0. The first-order valence-corrected chi connectivity index (χ1v) is 5.72. The molecule has 98 valence electrons. The largest absolute Gasteiger partial charge is 0.377 e. The summed E-state index contributed by atoms with van der Waals surface area (Å²) < 4.78 is 10.9. The van der Waals surface area contributed by atoms with Gasteiger partial charge in [-0.3, -0.25) is 0 Å². The number of hydrogen-bond donors (Lipinski definition) is 4. The van der Waals surface area contributed by atoms with Crippen molar-refractivity contribution in [1.29, 1.82) is 0 Å². The van der Waals surface area contributed by atoms with Crippen LogP contribution in [0.15, 0.2) is 0 Å². The first-order chi connectivity index (χ1) is 7.61. The van der Waals surface area contributed by atoms with Crippen LogP contribution in [0.1, 0.15) is 13.3 Å². The molecular weight excluding hydrogens is 208 g/mol. The molecule has 16 heavy (non-hydrogen) atoms. The van der Waals surface area contributed by atoms with E-state index in [1.807, 2.05) is 6.92 Å². The highest BCUT2D eigenvalue weighted by atomic mass is 16.5. The van der Waals surface area contributed by atoms with Gasteiger partial charge in [0.05, 0.1) is 25.9 Å². The molecule has 8 N–H and O–H groups in total. The van der Waals surface area contributed by atoms with Gasteiger partial charge in [0.15, 0.2) is 0 Å². The van der Waals surface area contributed by atoms with Crippen molar-refractivity contribution in [3.05, 3.63) is 0 Å². The normalized spacial score (nSPS) is 17.1. The predicted octanol–water partition coefficient (Wildman–Crippen LogP) is -1.63. The van der Waals surface area contributed by atoms with Crippen LogP contribution >= 0.6 is 0 Å². The van der Waals surface area contributed by atoms with Crippen LogP contribution in [-0.2, 0) is 9.47 Å². The number of nitrogens with two attached hydrogens (primary N) is 4. The lowest BCUT2D eigenvalue weighted by Gasteiger charge is -2.25. The molecule has 0 aromatic rings. The second-order valence-corrected chi connectivity index (χ2v) is 3.94. The zero-order valence-electron chi connectivity index (χ0n) is 10.1. The van der Waals surface area contributed by atoms with Crippen LogP contribution in [0, 0.1) is 0 Å². The summed E-state index contributed by atoms with van der Waals surface area (Å²) in [4.78, 5) is 0. The second kappa shape index (κ2) is 9.95. The van der Waals surface area contributed by atoms with Gasteiger partial charge in [-0.2, -0.15) is 0 Å². The fourth-order valence-corrected chi connectivity index (χ4v) is 1.38. The Morgan fingerprint density at radius 3 is 2.19 bits per heavy atom. The molecule has 6 nitrogen and oxygen atoms in total. The topological polar surface area (TPSA) is 123 Å². The van der Waals surface area contributed by atoms with Gasteiger partial charge in [0.25, 0.3) is 0 Å². The smallest absolute Gasteiger partial charge is 0.0960 e. The molecule has 0 saturated carbocycles. The first-order valence-electron chi connectivity index (χ1n) is 5.72. The molecule has 0 bridgehead atoms. The van der Waals surface area contributed by atoms with Gasteiger partial charge in [-0.05, 0) is 13.3 Å². The summed E-state index contributed by atoms with van der Waals surface area (Å²) in [5.41, 5.74) is 22.4. The monoisotopic (exact) mass is 234 g/mol. The van der Waals surface area contributed by atoms with Crippen LogP contribution in [0.3, 0.4) is 0 Å². The van der Waals surface area contributed by atoms with E-state index in [1.54, 1.807) is 0 Å². The minimum Gasteiger partial charge on any atom is -0.377 e. The van der Waals surface area contributed by atoms with Gasteiger partial charge in [0.1, 0.15) is 0 Å². The molecule has 3 atom stereocenters. The van der Waals surface area contributed by atoms with Crippen molar-refractivity contribution < 1.29 is 9.47 Å². The standard InChI is InChI=1S/C10H26N4O2/c1-8(13)6-9(14)10(16-5-3-12)7-15-4-2-11/h8-10H,2-7,11-14H2,1H3. The summed E-state index contributed by atoms with van der Waals surface area (Å²) in [6, 6.07) is -0.0854. The molecule has 0 spiro atoms. The van der Waals surface area contributed by atoms with Gasteiger partial charge in [-0.1, -0.05) is 0 Å². The Bertz CT molecular complexity index is 158. The highest BCUT2D eigenvalue weighted by molar-refractivity contribution is 4.77. The van der Waals surface area contributed by atoms with Gasteiger partial charge in [0.2, 0.25) is 0 Å². The number of hydrogen-bond acceptors (Lipinski definition) is 6. The second-order valence-electron chi connectivity index (χ2n) is 3.94. The number of rotatable bonds is 10.